The Morgan fingerprint density at radius 2 is 2.03 bits per heavy atom. The number of halogens is 1. The highest BCUT2D eigenvalue weighted by atomic mass is 19.1. The Morgan fingerprint density at radius 1 is 1.24 bits per heavy atom. The van der Waals surface area contributed by atoms with Crippen molar-refractivity contribution < 1.29 is 14.3 Å². The van der Waals surface area contributed by atoms with Crippen LogP contribution in [0.4, 0.5) is 15.8 Å². The number of benzene rings is 2. The fraction of sp³-hybridized carbons (Fsp3) is 0.269. The van der Waals surface area contributed by atoms with Gasteiger partial charge < -0.3 is 19.9 Å². The third-order valence-corrected chi connectivity index (χ3v) is 6.58. The van der Waals surface area contributed by atoms with Gasteiger partial charge in [0.2, 0.25) is 5.43 Å². The Morgan fingerprint density at radius 3 is 2.76 bits per heavy atom. The molecule has 2 N–H and O–H groups in total. The number of nitrogens with zero attached hydrogens (tertiary/aromatic N) is 3. The Kier molecular flexibility index (Phi) is 5.65. The average Bonchev–Trinajstić information content (AvgIpc) is 3.31. The molecule has 0 spiro atoms. The summed E-state index contributed by atoms with van der Waals surface area (Å²) in [4.78, 5) is 31.1. The molecule has 7 nitrogen and oxygen atoms in total. The van der Waals surface area contributed by atoms with Crippen molar-refractivity contribution in [3.05, 3.63) is 76.5 Å². The van der Waals surface area contributed by atoms with Crippen molar-refractivity contribution in [1.29, 1.82) is 0 Å². The summed E-state index contributed by atoms with van der Waals surface area (Å²) in [6, 6.07) is 13.4. The Bertz CT molecular complexity index is 1450. The standard InChI is InChI=1S/C26H25FN4O3/c1-2-30-15-19(26(33)34)25(32)22-18-10-11-20(23(27)24(18)29-14-21(22)30)31-12-6-9-17(31)13-28-16-7-4-3-5-8-16/h3-5,7-8,10-11,14-15,17,28H,2,6,9,12-13H2,1H3,(H,33,34). The molecule has 1 fully saturated rings. The zero-order valence-corrected chi connectivity index (χ0v) is 18.8. The number of carboxylic acid groups (broad SMARTS) is 1. The van der Waals surface area contributed by atoms with E-state index >= 15 is 4.39 Å². The number of anilines is 2. The summed E-state index contributed by atoms with van der Waals surface area (Å²) < 4.78 is 17.5. The van der Waals surface area contributed by atoms with E-state index in [9.17, 15) is 14.7 Å². The molecule has 2 aromatic heterocycles. The van der Waals surface area contributed by atoms with Crippen LogP contribution < -0.4 is 15.6 Å². The number of hydrogen-bond donors (Lipinski definition) is 2. The van der Waals surface area contributed by atoms with Gasteiger partial charge in [-0.1, -0.05) is 18.2 Å². The SMILES string of the molecule is CCn1cc(C(=O)O)c(=O)c2c3ccc(N4CCCC4CNc4ccccc4)c(F)c3ncc21. The van der Waals surface area contributed by atoms with Gasteiger partial charge >= 0.3 is 5.97 Å². The van der Waals surface area contributed by atoms with Crippen LogP contribution in [0.15, 0.2) is 59.7 Å². The predicted molar refractivity (Wildman–Crippen MR) is 131 cm³/mol. The van der Waals surface area contributed by atoms with Crippen molar-refractivity contribution in [2.45, 2.75) is 32.4 Å². The number of rotatable bonds is 6. The van der Waals surface area contributed by atoms with E-state index in [-0.39, 0.29) is 22.5 Å². The van der Waals surface area contributed by atoms with E-state index in [2.05, 4.69) is 15.2 Å². The minimum Gasteiger partial charge on any atom is -0.477 e. The van der Waals surface area contributed by atoms with Crippen LogP contribution in [-0.2, 0) is 6.54 Å². The van der Waals surface area contributed by atoms with Crippen molar-refractivity contribution in [2.75, 3.05) is 23.3 Å². The number of nitrogens with one attached hydrogen (secondary N) is 1. The third-order valence-electron chi connectivity index (χ3n) is 6.58. The van der Waals surface area contributed by atoms with Gasteiger partial charge in [0.1, 0.15) is 11.1 Å². The molecule has 0 radical (unpaired) electrons. The first-order valence-electron chi connectivity index (χ1n) is 11.4. The van der Waals surface area contributed by atoms with Gasteiger partial charge in [0, 0.05) is 42.9 Å². The molecule has 3 heterocycles. The van der Waals surface area contributed by atoms with Gasteiger partial charge in [0.25, 0.3) is 0 Å². The summed E-state index contributed by atoms with van der Waals surface area (Å²) >= 11 is 0. The summed E-state index contributed by atoms with van der Waals surface area (Å²) in [5.74, 6) is -1.80. The first kappa shape index (κ1) is 21.9. The third kappa shape index (κ3) is 3.65. The molecule has 0 saturated carbocycles. The van der Waals surface area contributed by atoms with E-state index in [0.29, 0.717) is 29.7 Å². The number of pyridine rings is 2. The van der Waals surface area contributed by atoms with Crippen molar-refractivity contribution in [2.24, 2.45) is 0 Å². The number of aromatic nitrogens is 2. The summed E-state index contributed by atoms with van der Waals surface area (Å²) in [5, 5.41) is 13.4. The molecule has 1 atom stereocenters. The second kappa shape index (κ2) is 8.78. The molecular weight excluding hydrogens is 435 g/mol. The van der Waals surface area contributed by atoms with Crippen molar-refractivity contribution in [3.8, 4) is 0 Å². The molecule has 5 rings (SSSR count). The fourth-order valence-electron chi connectivity index (χ4n) is 4.88. The molecule has 2 aromatic carbocycles. The molecule has 0 amide bonds. The second-order valence-corrected chi connectivity index (χ2v) is 8.51. The van der Waals surface area contributed by atoms with Crippen LogP contribution in [-0.4, -0.2) is 39.8 Å². The Labute approximate surface area is 195 Å². The summed E-state index contributed by atoms with van der Waals surface area (Å²) in [7, 11) is 0. The smallest absolute Gasteiger partial charge is 0.341 e. The lowest BCUT2D eigenvalue weighted by molar-refractivity contribution is 0.0695. The van der Waals surface area contributed by atoms with Gasteiger partial charge in [-0.25, -0.2) is 9.18 Å². The summed E-state index contributed by atoms with van der Waals surface area (Å²) in [6.45, 7) is 3.70. The molecule has 0 aliphatic carbocycles. The molecule has 174 valence electrons. The lowest BCUT2D eigenvalue weighted by Crippen LogP contribution is -2.35. The lowest BCUT2D eigenvalue weighted by Gasteiger charge is -2.28. The minimum atomic E-state index is -1.30. The van der Waals surface area contributed by atoms with Crippen LogP contribution in [0, 0.1) is 5.82 Å². The lowest BCUT2D eigenvalue weighted by atomic mass is 10.1. The first-order chi connectivity index (χ1) is 16.5. The molecule has 8 heteroatoms. The number of hydrogen-bond acceptors (Lipinski definition) is 5. The van der Waals surface area contributed by atoms with Crippen LogP contribution in [0.5, 0.6) is 0 Å². The number of para-hydroxylation sites is 1. The molecule has 4 aromatic rings. The van der Waals surface area contributed by atoms with Crippen LogP contribution in [0.1, 0.15) is 30.1 Å². The molecule has 1 unspecified atom stereocenters. The second-order valence-electron chi connectivity index (χ2n) is 8.51. The number of aryl methyl sites for hydroxylation is 1. The molecule has 0 bridgehead atoms. The van der Waals surface area contributed by atoms with Crippen LogP contribution in [0.2, 0.25) is 0 Å². The van der Waals surface area contributed by atoms with Crippen molar-refractivity contribution >= 4 is 39.1 Å². The molecule has 1 aliphatic rings. The monoisotopic (exact) mass is 460 g/mol. The Balaban J connectivity index is 1.58. The van der Waals surface area contributed by atoms with Crippen LogP contribution in [0.25, 0.3) is 21.8 Å². The van der Waals surface area contributed by atoms with Gasteiger partial charge in [-0.05, 0) is 44.0 Å². The zero-order valence-electron chi connectivity index (χ0n) is 18.8. The van der Waals surface area contributed by atoms with Gasteiger partial charge in [0.05, 0.1) is 22.8 Å². The topological polar surface area (TPSA) is 87.5 Å². The summed E-state index contributed by atoms with van der Waals surface area (Å²) in [6.07, 6.45) is 4.66. The van der Waals surface area contributed by atoms with E-state index in [1.807, 2.05) is 37.3 Å². The number of carboxylic acids is 1. The number of carbonyl (C=O) groups is 1. The highest BCUT2D eigenvalue weighted by molar-refractivity contribution is 6.07. The zero-order chi connectivity index (χ0) is 23.8. The van der Waals surface area contributed by atoms with Crippen molar-refractivity contribution in [1.82, 2.24) is 9.55 Å². The van der Waals surface area contributed by atoms with Crippen molar-refractivity contribution in [3.63, 3.8) is 0 Å². The maximum absolute atomic E-state index is 15.8. The predicted octanol–water partition coefficient (Wildman–Crippen LogP) is 4.49. The molecule has 1 saturated heterocycles. The fourth-order valence-corrected chi connectivity index (χ4v) is 4.88. The highest BCUT2D eigenvalue weighted by Crippen LogP contribution is 2.33. The molecular formula is C26H25FN4O3. The number of fused-ring (bicyclic) bond motifs is 3. The van der Waals surface area contributed by atoms with E-state index in [1.54, 1.807) is 16.7 Å². The van der Waals surface area contributed by atoms with Crippen LogP contribution in [0.3, 0.4) is 0 Å². The van der Waals surface area contributed by atoms with Gasteiger partial charge in [0.15, 0.2) is 5.82 Å². The van der Waals surface area contributed by atoms with Crippen LogP contribution >= 0.6 is 0 Å². The summed E-state index contributed by atoms with van der Waals surface area (Å²) in [5.41, 5.74) is 1.07. The highest BCUT2D eigenvalue weighted by Gasteiger charge is 2.28. The van der Waals surface area contributed by atoms with Gasteiger partial charge in [-0.2, -0.15) is 0 Å². The normalized spacial score (nSPS) is 15.8. The minimum absolute atomic E-state index is 0.0777. The van der Waals surface area contributed by atoms with E-state index in [0.717, 1.165) is 25.1 Å². The molecule has 34 heavy (non-hydrogen) atoms. The quantitative estimate of drug-likeness (QED) is 0.413. The Hall–Kier alpha value is -3.94. The average molecular weight is 461 g/mol. The maximum atomic E-state index is 15.8. The maximum Gasteiger partial charge on any atom is 0.341 e. The first-order valence-corrected chi connectivity index (χ1v) is 11.4. The van der Waals surface area contributed by atoms with Gasteiger partial charge in [-0.15, -0.1) is 0 Å². The van der Waals surface area contributed by atoms with Gasteiger partial charge in [-0.3, -0.25) is 9.78 Å². The molecule has 1 aliphatic heterocycles. The van der Waals surface area contributed by atoms with E-state index in [1.165, 1.54) is 12.4 Å². The van der Waals surface area contributed by atoms with E-state index in [4.69, 9.17) is 0 Å². The largest absolute Gasteiger partial charge is 0.477 e. The number of aromatic carboxylic acids is 1. The van der Waals surface area contributed by atoms with E-state index < -0.39 is 17.2 Å².